The Labute approximate surface area is 143 Å². The van der Waals surface area contributed by atoms with Crippen molar-refractivity contribution in [1.82, 2.24) is 10.3 Å². The van der Waals surface area contributed by atoms with Crippen LogP contribution in [0.25, 0.3) is 10.2 Å². The van der Waals surface area contributed by atoms with Crippen molar-refractivity contribution in [2.45, 2.75) is 5.75 Å². The Morgan fingerprint density at radius 3 is 2.70 bits per heavy atom. The van der Waals surface area contributed by atoms with Crippen molar-refractivity contribution in [2.24, 2.45) is 0 Å². The second-order valence-corrected chi connectivity index (χ2v) is 7.04. The van der Waals surface area contributed by atoms with E-state index in [1.165, 1.54) is 16.9 Å². The molecule has 0 aliphatic carbocycles. The largest absolute Gasteiger partial charge is 0.337 e. The first kappa shape index (κ1) is 15.8. The third kappa shape index (κ3) is 4.71. The van der Waals surface area contributed by atoms with E-state index in [4.69, 9.17) is 0 Å². The number of hydrogen-bond donors (Lipinski definition) is 2. The monoisotopic (exact) mass is 343 g/mol. The molecular weight excluding hydrogens is 326 g/mol. The maximum Gasteiger partial charge on any atom is 0.321 e. The molecule has 4 nitrogen and oxygen atoms in total. The quantitative estimate of drug-likeness (QED) is 0.654. The number of amides is 2. The van der Waals surface area contributed by atoms with E-state index in [0.717, 1.165) is 21.7 Å². The van der Waals surface area contributed by atoms with Gasteiger partial charge in [0.05, 0.1) is 10.2 Å². The average molecular weight is 343 g/mol. The molecule has 0 atom stereocenters. The predicted molar refractivity (Wildman–Crippen MR) is 99.2 cm³/mol. The third-order valence-corrected chi connectivity index (χ3v) is 5.14. The summed E-state index contributed by atoms with van der Waals surface area (Å²) in [7, 11) is 0. The van der Waals surface area contributed by atoms with Crippen molar-refractivity contribution in [3.05, 3.63) is 60.2 Å². The van der Waals surface area contributed by atoms with Gasteiger partial charge in [0.1, 0.15) is 0 Å². The van der Waals surface area contributed by atoms with Crippen LogP contribution in [0.1, 0.15) is 5.56 Å². The number of anilines is 1. The number of thioether (sulfide) groups is 1. The van der Waals surface area contributed by atoms with E-state index in [9.17, 15) is 4.79 Å². The molecule has 3 aromatic rings. The van der Waals surface area contributed by atoms with Crippen LogP contribution in [0, 0.1) is 0 Å². The van der Waals surface area contributed by atoms with Gasteiger partial charge < -0.3 is 5.32 Å². The summed E-state index contributed by atoms with van der Waals surface area (Å²) in [6.07, 6.45) is 0. The molecule has 1 aromatic heterocycles. The van der Waals surface area contributed by atoms with Gasteiger partial charge in [-0.3, -0.25) is 5.32 Å². The van der Waals surface area contributed by atoms with Crippen LogP contribution in [0.2, 0.25) is 0 Å². The van der Waals surface area contributed by atoms with E-state index in [1.807, 2.05) is 42.5 Å². The van der Waals surface area contributed by atoms with Gasteiger partial charge in [0.25, 0.3) is 0 Å². The molecule has 0 unspecified atom stereocenters. The van der Waals surface area contributed by atoms with Crippen LogP contribution >= 0.6 is 23.1 Å². The number of fused-ring (bicyclic) bond motifs is 1. The molecule has 0 saturated carbocycles. The van der Waals surface area contributed by atoms with Crippen LogP contribution in [0.3, 0.4) is 0 Å². The van der Waals surface area contributed by atoms with Crippen LogP contribution in [-0.4, -0.2) is 23.3 Å². The van der Waals surface area contributed by atoms with Crippen LogP contribution < -0.4 is 10.6 Å². The van der Waals surface area contributed by atoms with Gasteiger partial charge in [-0.05, 0) is 17.7 Å². The van der Waals surface area contributed by atoms with E-state index < -0.39 is 0 Å². The number of hydrogen-bond acceptors (Lipinski definition) is 4. The van der Waals surface area contributed by atoms with Crippen molar-refractivity contribution < 1.29 is 4.79 Å². The highest BCUT2D eigenvalue weighted by Crippen LogP contribution is 2.25. The second kappa shape index (κ2) is 7.99. The minimum absolute atomic E-state index is 0.204. The lowest BCUT2D eigenvalue weighted by Crippen LogP contribution is -2.30. The van der Waals surface area contributed by atoms with Gasteiger partial charge >= 0.3 is 6.03 Å². The number of urea groups is 1. The van der Waals surface area contributed by atoms with Crippen molar-refractivity contribution in [3.8, 4) is 0 Å². The molecule has 2 amide bonds. The Morgan fingerprint density at radius 1 is 1.09 bits per heavy atom. The number of rotatable bonds is 6. The van der Waals surface area contributed by atoms with Crippen LogP contribution in [-0.2, 0) is 5.75 Å². The molecule has 0 fully saturated rings. The van der Waals surface area contributed by atoms with Crippen molar-refractivity contribution in [1.29, 1.82) is 0 Å². The summed E-state index contributed by atoms with van der Waals surface area (Å²) in [6.45, 7) is 0.633. The van der Waals surface area contributed by atoms with Crippen LogP contribution in [0.5, 0.6) is 0 Å². The summed E-state index contributed by atoms with van der Waals surface area (Å²) >= 11 is 3.28. The fourth-order valence-corrected chi connectivity index (χ4v) is 3.75. The molecule has 23 heavy (non-hydrogen) atoms. The third-order valence-electron chi connectivity index (χ3n) is 3.16. The number of nitrogens with one attached hydrogen (secondary N) is 2. The standard InChI is InChI=1S/C17H17N3OS2/c21-16(18-10-11-22-12-13-6-2-1-3-7-13)20-17-19-14-8-4-5-9-15(14)23-17/h1-9H,10-12H2,(H2,18,19,20,21). The first-order valence-corrected chi connectivity index (χ1v) is 9.30. The first-order chi connectivity index (χ1) is 11.3. The van der Waals surface area contributed by atoms with Gasteiger partial charge in [-0.2, -0.15) is 11.8 Å². The van der Waals surface area contributed by atoms with E-state index in [-0.39, 0.29) is 6.03 Å². The van der Waals surface area contributed by atoms with Crippen LogP contribution in [0.4, 0.5) is 9.93 Å². The fourth-order valence-electron chi connectivity index (χ4n) is 2.07. The molecule has 0 radical (unpaired) electrons. The predicted octanol–water partition coefficient (Wildman–Crippen LogP) is 4.35. The molecule has 1 heterocycles. The van der Waals surface area contributed by atoms with Gasteiger partial charge in [-0.1, -0.05) is 53.8 Å². The minimum Gasteiger partial charge on any atom is -0.337 e. The van der Waals surface area contributed by atoms with Gasteiger partial charge in [-0.15, -0.1) is 0 Å². The number of para-hydroxylation sites is 1. The lowest BCUT2D eigenvalue weighted by atomic mass is 10.2. The number of benzene rings is 2. The van der Waals surface area contributed by atoms with Crippen molar-refractivity contribution in [3.63, 3.8) is 0 Å². The normalized spacial score (nSPS) is 10.6. The molecule has 0 bridgehead atoms. The summed E-state index contributed by atoms with van der Waals surface area (Å²) in [5.41, 5.74) is 2.21. The lowest BCUT2D eigenvalue weighted by molar-refractivity contribution is 0.252. The maximum atomic E-state index is 11.9. The number of thiazole rings is 1. The molecule has 0 aliphatic heterocycles. The van der Waals surface area contributed by atoms with Gasteiger partial charge in [0, 0.05) is 18.1 Å². The zero-order valence-electron chi connectivity index (χ0n) is 12.5. The maximum absolute atomic E-state index is 11.9. The Bertz CT molecular complexity index is 741. The Kier molecular flexibility index (Phi) is 5.50. The van der Waals surface area contributed by atoms with Crippen LogP contribution in [0.15, 0.2) is 54.6 Å². The average Bonchev–Trinajstić information content (AvgIpc) is 2.97. The smallest absolute Gasteiger partial charge is 0.321 e. The molecule has 0 saturated heterocycles. The number of carbonyl (C=O) groups is 1. The van der Waals surface area contributed by atoms with Gasteiger partial charge in [0.2, 0.25) is 0 Å². The van der Waals surface area contributed by atoms with Crippen molar-refractivity contribution >= 4 is 44.5 Å². The highest BCUT2D eigenvalue weighted by Gasteiger charge is 2.06. The van der Waals surface area contributed by atoms with E-state index in [1.54, 1.807) is 11.8 Å². The zero-order chi connectivity index (χ0) is 15.9. The lowest BCUT2D eigenvalue weighted by Gasteiger charge is -2.05. The van der Waals surface area contributed by atoms with E-state index in [0.29, 0.717) is 11.7 Å². The summed E-state index contributed by atoms with van der Waals surface area (Å²) in [5, 5.41) is 6.27. The number of nitrogens with zero attached hydrogens (tertiary/aromatic N) is 1. The van der Waals surface area contributed by atoms with Gasteiger partial charge in [-0.25, -0.2) is 9.78 Å². The number of aromatic nitrogens is 1. The first-order valence-electron chi connectivity index (χ1n) is 7.33. The molecule has 3 rings (SSSR count). The van der Waals surface area contributed by atoms with E-state index in [2.05, 4.69) is 27.8 Å². The highest BCUT2D eigenvalue weighted by atomic mass is 32.2. The molecule has 2 N–H and O–H groups in total. The van der Waals surface area contributed by atoms with Gasteiger partial charge in [0.15, 0.2) is 5.13 Å². The summed E-state index contributed by atoms with van der Waals surface area (Å²) in [6, 6.07) is 18.0. The Balaban J connectivity index is 1.38. The van der Waals surface area contributed by atoms with E-state index >= 15 is 0 Å². The Morgan fingerprint density at radius 2 is 1.87 bits per heavy atom. The zero-order valence-corrected chi connectivity index (χ0v) is 14.1. The molecule has 6 heteroatoms. The molecule has 118 valence electrons. The highest BCUT2D eigenvalue weighted by molar-refractivity contribution is 7.98. The fraction of sp³-hybridized carbons (Fsp3) is 0.176. The SMILES string of the molecule is O=C(NCCSCc1ccccc1)Nc1nc2ccccc2s1. The summed E-state index contributed by atoms with van der Waals surface area (Å²) in [4.78, 5) is 16.2. The molecular formula is C17H17N3OS2. The second-order valence-electron chi connectivity index (χ2n) is 4.91. The number of carbonyl (C=O) groups excluding carboxylic acids is 1. The Hall–Kier alpha value is -2.05. The topological polar surface area (TPSA) is 54.0 Å². The van der Waals surface area contributed by atoms with Crippen molar-refractivity contribution in [2.75, 3.05) is 17.6 Å². The minimum atomic E-state index is -0.204. The summed E-state index contributed by atoms with van der Waals surface area (Å²) in [5.74, 6) is 1.84. The molecule has 2 aromatic carbocycles. The summed E-state index contributed by atoms with van der Waals surface area (Å²) < 4.78 is 1.07. The molecule has 0 aliphatic rings. The molecule has 0 spiro atoms.